The highest BCUT2D eigenvalue weighted by atomic mass is 19.4. The van der Waals surface area contributed by atoms with Crippen molar-refractivity contribution in [2.24, 2.45) is 0 Å². The zero-order valence-corrected chi connectivity index (χ0v) is 15.2. The molecule has 2 aromatic heterocycles. The molecule has 0 aliphatic rings. The van der Waals surface area contributed by atoms with Gasteiger partial charge >= 0.3 is 6.18 Å². The van der Waals surface area contributed by atoms with Crippen LogP contribution < -0.4 is 5.32 Å². The minimum Gasteiger partial charge on any atom is -0.306 e. The van der Waals surface area contributed by atoms with Crippen LogP contribution in [0.5, 0.6) is 0 Å². The van der Waals surface area contributed by atoms with E-state index in [1.165, 1.54) is 12.1 Å². The van der Waals surface area contributed by atoms with Crippen molar-refractivity contribution >= 4 is 17.5 Å². The molecular formula is C21H15F3N4O. The third-order valence-corrected chi connectivity index (χ3v) is 4.40. The van der Waals surface area contributed by atoms with Gasteiger partial charge in [0.25, 0.3) is 5.91 Å². The standard InChI is InChI=1S/C21H15F3N4O/c1-13-4-2-5-15(12-13)19(29)27-18-17(26-20-25-10-3-11-28(18)20)14-6-8-16(9-7-14)21(22,23)24/h2-12H,1H3,(H,27,29). The Labute approximate surface area is 163 Å². The van der Waals surface area contributed by atoms with Gasteiger partial charge < -0.3 is 5.32 Å². The Bertz CT molecular complexity index is 1200. The van der Waals surface area contributed by atoms with E-state index in [9.17, 15) is 18.0 Å². The number of nitrogens with zero attached hydrogens (tertiary/aromatic N) is 3. The predicted molar refractivity (Wildman–Crippen MR) is 103 cm³/mol. The number of benzene rings is 2. The first-order valence-corrected chi connectivity index (χ1v) is 8.71. The van der Waals surface area contributed by atoms with Gasteiger partial charge in [-0.25, -0.2) is 9.97 Å². The quantitative estimate of drug-likeness (QED) is 0.532. The van der Waals surface area contributed by atoms with Gasteiger partial charge in [-0.05, 0) is 37.3 Å². The number of carbonyl (C=O) groups is 1. The van der Waals surface area contributed by atoms with Crippen LogP contribution >= 0.6 is 0 Å². The lowest BCUT2D eigenvalue weighted by atomic mass is 10.1. The van der Waals surface area contributed by atoms with E-state index in [4.69, 9.17) is 0 Å². The van der Waals surface area contributed by atoms with Crippen LogP contribution in [-0.4, -0.2) is 20.3 Å². The summed E-state index contributed by atoms with van der Waals surface area (Å²) in [6.45, 7) is 1.88. The van der Waals surface area contributed by atoms with Crippen LogP contribution in [-0.2, 0) is 6.18 Å². The lowest BCUT2D eigenvalue weighted by molar-refractivity contribution is -0.137. The molecule has 0 saturated heterocycles. The number of fused-ring (bicyclic) bond motifs is 1. The molecule has 1 amide bonds. The molecule has 2 aromatic carbocycles. The maximum atomic E-state index is 12.9. The molecule has 0 saturated carbocycles. The van der Waals surface area contributed by atoms with Gasteiger partial charge in [-0.2, -0.15) is 13.2 Å². The first-order valence-electron chi connectivity index (χ1n) is 8.71. The van der Waals surface area contributed by atoms with Crippen molar-refractivity contribution < 1.29 is 18.0 Å². The smallest absolute Gasteiger partial charge is 0.306 e. The molecule has 0 aliphatic carbocycles. The summed E-state index contributed by atoms with van der Waals surface area (Å²) < 4.78 is 40.2. The van der Waals surface area contributed by atoms with Crippen molar-refractivity contribution in [2.45, 2.75) is 13.1 Å². The van der Waals surface area contributed by atoms with Gasteiger partial charge in [0.15, 0.2) is 0 Å². The minimum absolute atomic E-state index is 0.321. The van der Waals surface area contributed by atoms with Crippen molar-refractivity contribution in [1.82, 2.24) is 14.4 Å². The minimum atomic E-state index is -4.43. The van der Waals surface area contributed by atoms with Crippen LogP contribution in [0.4, 0.5) is 19.0 Å². The van der Waals surface area contributed by atoms with E-state index >= 15 is 0 Å². The largest absolute Gasteiger partial charge is 0.416 e. The second-order valence-corrected chi connectivity index (χ2v) is 6.50. The molecule has 0 bridgehead atoms. The van der Waals surface area contributed by atoms with Crippen LogP contribution in [0.1, 0.15) is 21.5 Å². The number of nitrogens with one attached hydrogen (secondary N) is 1. The van der Waals surface area contributed by atoms with Crippen molar-refractivity contribution in [2.75, 3.05) is 5.32 Å². The number of rotatable bonds is 3. The summed E-state index contributed by atoms with van der Waals surface area (Å²) >= 11 is 0. The third kappa shape index (κ3) is 3.69. The van der Waals surface area contributed by atoms with Crippen LogP contribution in [0, 0.1) is 6.92 Å². The number of aromatic nitrogens is 3. The average Bonchev–Trinajstić information content (AvgIpc) is 3.06. The number of carbonyl (C=O) groups excluding carboxylic acids is 1. The molecule has 0 spiro atoms. The molecule has 0 aliphatic heterocycles. The van der Waals surface area contributed by atoms with Gasteiger partial charge in [0.2, 0.25) is 5.78 Å². The Hall–Kier alpha value is -3.68. The fourth-order valence-electron chi connectivity index (χ4n) is 2.99. The van der Waals surface area contributed by atoms with Crippen LogP contribution in [0.15, 0.2) is 67.0 Å². The zero-order valence-electron chi connectivity index (χ0n) is 15.2. The summed E-state index contributed by atoms with van der Waals surface area (Å²) in [5, 5.41) is 2.82. The van der Waals surface area contributed by atoms with Crippen molar-refractivity contribution in [1.29, 1.82) is 0 Å². The number of aryl methyl sites for hydroxylation is 1. The second-order valence-electron chi connectivity index (χ2n) is 6.50. The summed E-state index contributed by atoms with van der Waals surface area (Å²) in [6.07, 6.45) is -1.21. The average molecular weight is 396 g/mol. The summed E-state index contributed by atoms with van der Waals surface area (Å²) in [5.41, 5.74) is 1.40. The van der Waals surface area contributed by atoms with Crippen LogP contribution in [0.25, 0.3) is 17.0 Å². The molecule has 4 aromatic rings. The lowest BCUT2D eigenvalue weighted by Gasteiger charge is -2.10. The summed E-state index contributed by atoms with van der Waals surface area (Å²) in [7, 11) is 0. The SMILES string of the molecule is Cc1cccc(C(=O)Nc2c(-c3ccc(C(F)(F)F)cc3)nc3ncccn23)c1. The van der Waals surface area contributed by atoms with Gasteiger partial charge in [0, 0.05) is 23.5 Å². The van der Waals surface area contributed by atoms with Gasteiger partial charge in [-0.3, -0.25) is 9.20 Å². The summed E-state index contributed by atoms with van der Waals surface area (Å²) in [6, 6.07) is 13.4. The highest BCUT2D eigenvalue weighted by Gasteiger charge is 2.30. The molecule has 0 atom stereocenters. The number of alkyl halides is 3. The first kappa shape index (κ1) is 18.7. The Morgan fingerprint density at radius 2 is 1.83 bits per heavy atom. The van der Waals surface area contributed by atoms with Crippen LogP contribution in [0.2, 0.25) is 0 Å². The highest BCUT2D eigenvalue weighted by molar-refractivity contribution is 6.05. The molecule has 1 N–H and O–H groups in total. The fourth-order valence-corrected chi connectivity index (χ4v) is 2.99. The molecule has 8 heteroatoms. The van der Waals surface area contributed by atoms with Gasteiger partial charge in [0.1, 0.15) is 11.5 Å². The Morgan fingerprint density at radius 3 is 2.52 bits per heavy atom. The van der Waals surface area contributed by atoms with E-state index in [-0.39, 0.29) is 5.91 Å². The number of anilines is 1. The van der Waals surface area contributed by atoms with Crippen molar-refractivity contribution in [3.8, 4) is 11.3 Å². The predicted octanol–water partition coefficient (Wildman–Crippen LogP) is 4.98. The normalized spacial score (nSPS) is 11.6. The van der Waals surface area contributed by atoms with Gasteiger partial charge in [-0.1, -0.05) is 29.8 Å². The van der Waals surface area contributed by atoms with E-state index in [1.54, 1.807) is 41.1 Å². The third-order valence-electron chi connectivity index (χ3n) is 4.40. The molecule has 4 rings (SSSR count). The van der Waals surface area contributed by atoms with E-state index in [1.807, 2.05) is 13.0 Å². The van der Waals surface area contributed by atoms with E-state index in [0.29, 0.717) is 28.4 Å². The van der Waals surface area contributed by atoms with Crippen LogP contribution in [0.3, 0.4) is 0 Å². The van der Waals surface area contributed by atoms with E-state index in [0.717, 1.165) is 17.7 Å². The molecule has 0 radical (unpaired) electrons. The molecule has 0 unspecified atom stereocenters. The van der Waals surface area contributed by atoms with Gasteiger partial charge in [-0.15, -0.1) is 0 Å². The van der Waals surface area contributed by atoms with Crippen molar-refractivity contribution in [3.05, 3.63) is 83.7 Å². The number of hydrogen-bond donors (Lipinski definition) is 1. The maximum absolute atomic E-state index is 12.9. The fraction of sp³-hybridized carbons (Fsp3) is 0.0952. The second kappa shape index (κ2) is 7.05. The highest BCUT2D eigenvalue weighted by Crippen LogP contribution is 2.33. The van der Waals surface area contributed by atoms with Gasteiger partial charge in [0.05, 0.1) is 5.56 Å². The van der Waals surface area contributed by atoms with Crippen molar-refractivity contribution in [3.63, 3.8) is 0 Å². The zero-order chi connectivity index (χ0) is 20.6. The number of imidazole rings is 1. The molecule has 2 heterocycles. The molecule has 0 fully saturated rings. The Balaban J connectivity index is 1.78. The first-order chi connectivity index (χ1) is 13.8. The summed E-state index contributed by atoms with van der Waals surface area (Å²) in [5.74, 6) is 0.300. The topological polar surface area (TPSA) is 59.3 Å². The summed E-state index contributed by atoms with van der Waals surface area (Å²) in [4.78, 5) is 21.3. The number of amides is 1. The molecule has 146 valence electrons. The Kier molecular flexibility index (Phi) is 4.54. The molecule has 29 heavy (non-hydrogen) atoms. The van der Waals surface area contributed by atoms with E-state index < -0.39 is 11.7 Å². The van der Waals surface area contributed by atoms with E-state index in [2.05, 4.69) is 15.3 Å². The maximum Gasteiger partial charge on any atom is 0.416 e. The number of halogens is 3. The lowest BCUT2D eigenvalue weighted by Crippen LogP contribution is -2.14. The number of hydrogen-bond acceptors (Lipinski definition) is 3. The molecular weight excluding hydrogens is 381 g/mol. The molecule has 5 nitrogen and oxygen atoms in total. The monoisotopic (exact) mass is 396 g/mol. The Morgan fingerprint density at radius 1 is 1.07 bits per heavy atom.